The van der Waals surface area contributed by atoms with E-state index in [1.165, 1.54) is 12.8 Å². The maximum atomic E-state index is 8.30. The van der Waals surface area contributed by atoms with Crippen LogP contribution in [0, 0.1) is 0 Å². The Morgan fingerprint density at radius 3 is 2.00 bits per heavy atom. The minimum atomic E-state index is 0.250. The van der Waals surface area contributed by atoms with Gasteiger partial charge in [-0.15, -0.1) is 0 Å². The van der Waals surface area contributed by atoms with Gasteiger partial charge in [-0.05, 0) is 19.9 Å². The van der Waals surface area contributed by atoms with Gasteiger partial charge in [0.25, 0.3) is 0 Å². The molecule has 0 aliphatic carbocycles. The van der Waals surface area contributed by atoms with Crippen LogP contribution in [0.15, 0.2) is 0 Å². The fraction of sp³-hybridized carbons (Fsp3) is 1.00. The summed E-state index contributed by atoms with van der Waals surface area (Å²) in [5, 5.41) is 19.0. The lowest BCUT2D eigenvalue weighted by Gasteiger charge is -1.97. The van der Waals surface area contributed by atoms with Gasteiger partial charge in [0.2, 0.25) is 0 Å². The van der Waals surface area contributed by atoms with Gasteiger partial charge in [-0.2, -0.15) is 0 Å². The van der Waals surface area contributed by atoms with Crippen LogP contribution in [-0.2, 0) is 0 Å². The van der Waals surface area contributed by atoms with Crippen LogP contribution in [0.25, 0.3) is 0 Å². The molecule has 3 nitrogen and oxygen atoms in total. The SMILES string of the molecule is CCCCNCCO.CCO. The lowest BCUT2D eigenvalue weighted by atomic mass is 10.3. The summed E-state index contributed by atoms with van der Waals surface area (Å²) in [6.07, 6.45) is 2.43. The fourth-order valence-electron chi connectivity index (χ4n) is 0.506. The molecule has 0 heterocycles. The smallest absolute Gasteiger partial charge is 0.0555 e. The van der Waals surface area contributed by atoms with Crippen molar-refractivity contribution in [1.29, 1.82) is 0 Å². The van der Waals surface area contributed by atoms with Crippen molar-refractivity contribution in [2.24, 2.45) is 0 Å². The second-order valence-electron chi connectivity index (χ2n) is 2.14. The number of rotatable bonds is 5. The lowest BCUT2D eigenvalue weighted by molar-refractivity contribution is 0.292. The molecule has 0 saturated carbocycles. The van der Waals surface area contributed by atoms with Crippen LogP contribution in [0.2, 0.25) is 0 Å². The summed E-state index contributed by atoms with van der Waals surface area (Å²) >= 11 is 0. The van der Waals surface area contributed by atoms with E-state index in [9.17, 15) is 0 Å². The number of aliphatic hydroxyl groups is 2. The van der Waals surface area contributed by atoms with Gasteiger partial charge in [0.05, 0.1) is 6.61 Å². The maximum Gasteiger partial charge on any atom is 0.0555 e. The largest absolute Gasteiger partial charge is 0.397 e. The van der Waals surface area contributed by atoms with E-state index in [1.807, 2.05) is 0 Å². The second-order valence-corrected chi connectivity index (χ2v) is 2.14. The molecule has 0 saturated heterocycles. The van der Waals surface area contributed by atoms with E-state index >= 15 is 0 Å². The minimum absolute atomic E-state index is 0.250. The van der Waals surface area contributed by atoms with E-state index in [4.69, 9.17) is 10.2 Å². The van der Waals surface area contributed by atoms with Crippen molar-refractivity contribution < 1.29 is 10.2 Å². The molecule has 0 unspecified atom stereocenters. The third kappa shape index (κ3) is 25.8. The third-order valence-corrected chi connectivity index (χ3v) is 0.996. The summed E-state index contributed by atoms with van der Waals surface area (Å²) in [6, 6.07) is 0. The molecule has 0 rings (SSSR count). The molecule has 0 amide bonds. The predicted octanol–water partition coefficient (Wildman–Crippen LogP) is 0.367. The Hall–Kier alpha value is -0.120. The van der Waals surface area contributed by atoms with E-state index in [0.29, 0.717) is 0 Å². The molecule has 70 valence electrons. The van der Waals surface area contributed by atoms with Crippen molar-refractivity contribution in [2.45, 2.75) is 26.7 Å². The maximum absolute atomic E-state index is 8.30. The van der Waals surface area contributed by atoms with Crippen LogP contribution in [-0.4, -0.2) is 36.5 Å². The molecule has 0 aromatic heterocycles. The summed E-state index contributed by atoms with van der Waals surface area (Å²) in [7, 11) is 0. The van der Waals surface area contributed by atoms with E-state index in [-0.39, 0.29) is 13.2 Å². The van der Waals surface area contributed by atoms with Crippen molar-refractivity contribution in [1.82, 2.24) is 5.32 Å². The number of hydrogen-bond acceptors (Lipinski definition) is 3. The standard InChI is InChI=1S/C6H15NO.C2H6O/c1-2-3-4-7-5-6-8;1-2-3/h7-8H,2-6H2,1H3;3H,2H2,1H3. The molecule has 11 heavy (non-hydrogen) atoms. The zero-order valence-corrected chi connectivity index (χ0v) is 7.64. The van der Waals surface area contributed by atoms with Crippen molar-refractivity contribution >= 4 is 0 Å². The Balaban J connectivity index is 0. The first-order valence-corrected chi connectivity index (χ1v) is 4.25. The summed E-state index contributed by atoms with van der Waals surface area (Å²) in [5.74, 6) is 0. The van der Waals surface area contributed by atoms with E-state index < -0.39 is 0 Å². The van der Waals surface area contributed by atoms with E-state index in [1.54, 1.807) is 6.92 Å². The topological polar surface area (TPSA) is 52.5 Å². The zero-order valence-electron chi connectivity index (χ0n) is 7.64. The Morgan fingerprint density at radius 1 is 1.09 bits per heavy atom. The molecular formula is C8H21NO2. The van der Waals surface area contributed by atoms with Gasteiger partial charge in [-0.1, -0.05) is 13.3 Å². The Bertz CT molecular complexity index is 45.4. The first-order valence-electron chi connectivity index (χ1n) is 4.25. The van der Waals surface area contributed by atoms with Crippen LogP contribution in [0.5, 0.6) is 0 Å². The summed E-state index contributed by atoms with van der Waals surface area (Å²) < 4.78 is 0. The van der Waals surface area contributed by atoms with Gasteiger partial charge in [0, 0.05) is 13.2 Å². The average Bonchev–Trinajstić information content (AvgIpc) is 2.00. The molecule has 0 aromatic carbocycles. The van der Waals surface area contributed by atoms with E-state index in [0.717, 1.165) is 13.1 Å². The second kappa shape index (κ2) is 16.5. The number of aliphatic hydroxyl groups excluding tert-OH is 2. The molecule has 0 radical (unpaired) electrons. The average molecular weight is 163 g/mol. The van der Waals surface area contributed by atoms with Gasteiger partial charge in [0.15, 0.2) is 0 Å². The molecule has 0 fully saturated rings. The van der Waals surface area contributed by atoms with Crippen molar-refractivity contribution in [2.75, 3.05) is 26.3 Å². The summed E-state index contributed by atoms with van der Waals surface area (Å²) in [5.41, 5.74) is 0. The number of hydrogen-bond donors (Lipinski definition) is 3. The van der Waals surface area contributed by atoms with Crippen LogP contribution in [0.4, 0.5) is 0 Å². The molecule has 0 aromatic rings. The van der Waals surface area contributed by atoms with Gasteiger partial charge >= 0.3 is 0 Å². The van der Waals surface area contributed by atoms with Crippen LogP contribution >= 0.6 is 0 Å². The highest BCUT2D eigenvalue weighted by Gasteiger charge is 1.81. The van der Waals surface area contributed by atoms with Gasteiger partial charge in [-0.3, -0.25) is 0 Å². The molecule has 0 spiro atoms. The van der Waals surface area contributed by atoms with Gasteiger partial charge in [0.1, 0.15) is 0 Å². The first-order chi connectivity index (χ1) is 5.33. The van der Waals surface area contributed by atoms with Gasteiger partial charge < -0.3 is 15.5 Å². The lowest BCUT2D eigenvalue weighted by Crippen LogP contribution is -2.18. The van der Waals surface area contributed by atoms with Crippen LogP contribution in [0.3, 0.4) is 0 Å². The Morgan fingerprint density at radius 2 is 1.64 bits per heavy atom. The molecule has 3 N–H and O–H groups in total. The summed E-state index contributed by atoms with van der Waals surface area (Å²) in [4.78, 5) is 0. The molecule has 3 heteroatoms. The normalized spacial score (nSPS) is 8.73. The number of unbranched alkanes of at least 4 members (excludes halogenated alkanes) is 1. The molecule has 0 bridgehead atoms. The predicted molar refractivity (Wildman–Crippen MR) is 47.6 cm³/mol. The van der Waals surface area contributed by atoms with Crippen molar-refractivity contribution in [3.05, 3.63) is 0 Å². The quantitative estimate of drug-likeness (QED) is 0.513. The highest BCUT2D eigenvalue weighted by atomic mass is 16.3. The summed E-state index contributed by atoms with van der Waals surface area (Å²) in [6.45, 7) is 6.11. The molecule has 0 aliphatic heterocycles. The van der Waals surface area contributed by atoms with Gasteiger partial charge in [-0.25, -0.2) is 0 Å². The first kappa shape index (κ1) is 13.5. The van der Waals surface area contributed by atoms with Crippen molar-refractivity contribution in [3.63, 3.8) is 0 Å². The molecular weight excluding hydrogens is 142 g/mol. The highest BCUT2D eigenvalue weighted by molar-refractivity contribution is 4.43. The highest BCUT2D eigenvalue weighted by Crippen LogP contribution is 1.80. The molecule has 0 atom stereocenters. The molecule has 0 aliphatic rings. The number of nitrogens with one attached hydrogen (secondary N) is 1. The van der Waals surface area contributed by atoms with Crippen LogP contribution < -0.4 is 5.32 Å². The zero-order chi connectivity index (χ0) is 8.95. The van der Waals surface area contributed by atoms with Crippen molar-refractivity contribution in [3.8, 4) is 0 Å². The Kier molecular flexibility index (Phi) is 20.2. The monoisotopic (exact) mass is 163 g/mol. The van der Waals surface area contributed by atoms with Crippen LogP contribution in [0.1, 0.15) is 26.7 Å². The third-order valence-electron chi connectivity index (χ3n) is 0.996. The minimum Gasteiger partial charge on any atom is -0.397 e. The van der Waals surface area contributed by atoms with E-state index in [2.05, 4.69) is 12.2 Å². The fourth-order valence-corrected chi connectivity index (χ4v) is 0.506. The Labute approximate surface area is 69.4 Å².